The van der Waals surface area contributed by atoms with Crippen LogP contribution in [0.3, 0.4) is 0 Å². The lowest BCUT2D eigenvalue weighted by atomic mass is 9.97. The molecule has 0 amide bonds. The van der Waals surface area contributed by atoms with Crippen LogP contribution in [-0.2, 0) is 27.4 Å². The minimum Gasteiger partial charge on any atom is -0.469 e. The molecule has 2 aromatic carbocycles. The molecule has 0 aliphatic carbocycles. The van der Waals surface area contributed by atoms with Crippen LogP contribution in [-0.4, -0.2) is 50.0 Å². The van der Waals surface area contributed by atoms with E-state index in [1.807, 2.05) is 48.5 Å². The van der Waals surface area contributed by atoms with E-state index in [-0.39, 0.29) is 48.4 Å². The van der Waals surface area contributed by atoms with E-state index in [0.717, 1.165) is 43.0 Å². The van der Waals surface area contributed by atoms with Gasteiger partial charge in [-0.3, -0.25) is 9.79 Å². The summed E-state index contributed by atoms with van der Waals surface area (Å²) in [4.78, 5) is 30.6. The van der Waals surface area contributed by atoms with Crippen molar-refractivity contribution >= 4 is 41.9 Å². The molecule has 1 aliphatic rings. The van der Waals surface area contributed by atoms with Crippen molar-refractivity contribution in [2.45, 2.75) is 26.0 Å². The Bertz CT molecular complexity index is 912. The molecule has 7 nitrogen and oxygen atoms in total. The van der Waals surface area contributed by atoms with Gasteiger partial charge in [0.2, 0.25) is 0 Å². The van der Waals surface area contributed by atoms with Crippen LogP contribution in [0.25, 0.3) is 0 Å². The van der Waals surface area contributed by atoms with Crippen LogP contribution >= 0.6 is 24.0 Å². The molecule has 0 atom stereocenters. The van der Waals surface area contributed by atoms with Crippen molar-refractivity contribution < 1.29 is 19.1 Å². The van der Waals surface area contributed by atoms with Crippen molar-refractivity contribution in [3.8, 4) is 0 Å². The number of likely N-dealkylation sites (tertiary alicyclic amines) is 1. The van der Waals surface area contributed by atoms with Crippen LogP contribution in [0.1, 0.15) is 34.3 Å². The second-order valence-electron chi connectivity index (χ2n) is 7.45. The van der Waals surface area contributed by atoms with Crippen LogP contribution in [0.2, 0.25) is 0 Å². The zero-order valence-electron chi connectivity index (χ0n) is 18.5. The van der Waals surface area contributed by atoms with Gasteiger partial charge in [-0.05, 0) is 36.1 Å². The fourth-order valence-corrected chi connectivity index (χ4v) is 3.62. The molecular weight excluding hydrogens is 521 g/mol. The summed E-state index contributed by atoms with van der Waals surface area (Å²) < 4.78 is 10.3. The second-order valence-corrected chi connectivity index (χ2v) is 7.45. The third-order valence-electron chi connectivity index (χ3n) is 5.37. The van der Waals surface area contributed by atoms with Gasteiger partial charge in [-0.25, -0.2) is 4.79 Å². The Kier molecular flexibility index (Phi) is 10.5. The highest BCUT2D eigenvalue weighted by Crippen LogP contribution is 2.18. The molecular formula is C24H30IN3O4. The molecule has 0 radical (unpaired) electrons. The van der Waals surface area contributed by atoms with Crippen LogP contribution in [0.15, 0.2) is 59.6 Å². The third-order valence-corrected chi connectivity index (χ3v) is 5.37. The van der Waals surface area contributed by atoms with Gasteiger partial charge >= 0.3 is 11.9 Å². The summed E-state index contributed by atoms with van der Waals surface area (Å²) >= 11 is 0. The summed E-state index contributed by atoms with van der Waals surface area (Å²) in [6.45, 7) is 2.26. The predicted octanol–water partition coefficient (Wildman–Crippen LogP) is 3.62. The number of carbonyl (C=O) groups is 2. The van der Waals surface area contributed by atoms with Crippen molar-refractivity contribution in [3.05, 3.63) is 71.3 Å². The van der Waals surface area contributed by atoms with Crippen molar-refractivity contribution in [2.24, 2.45) is 10.9 Å². The van der Waals surface area contributed by atoms with E-state index in [0.29, 0.717) is 12.1 Å². The van der Waals surface area contributed by atoms with E-state index in [1.165, 1.54) is 7.11 Å². The number of methoxy groups -OCH3 is 1. The van der Waals surface area contributed by atoms with Crippen LogP contribution in [0, 0.1) is 5.92 Å². The predicted molar refractivity (Wildman–Crippen MR) is 134 cm³/mol. The number of benzene rings is 2. The first-order chi connectivity index (χ1) is 15.1. The average Bonchev–Trinajstić information content (AvgIpc) is 2.83. The molecule has 0 aromatic heterocycles. The molecule has 2 aromatic rings. The monoisotopic (exact) mass is 551 g/mol. The highest BCUT2D eigenvalue weighted by molar-refractivity contribution is 14.0. The van der Waals surface area contributed by atoms with E-state index in [2.05, 4.69) is 15.2 Å². The Morgan fingerprint density at radius 1 is 1.06 bits per heavy atom. The number of nitrogens with zero attached hydrogens (tertiary/aromatic N) is 2. The van der Waals surface area contributed by atoms with E-state index in [4.69, 9.17) is 9.47 Å². The van der Waals surface area contributed by atoms with E-state index < -0.39 is 0 Å². The zero-order valence-corrected chi connectivity index (χ0v) is 20.8. The lowest BCUT2D eigenvalue weighted by Crippen LogP contribution is -2.46. The summed E-state index contributed by atoms with van der Waals surface area (Å²) in [5.41, 5.74) is 2.43. The number of esters is 2. The number of guanidine groups is 1. The van der Waals surface area contributed by atoms with Crippen molar-refractivity contribution in [1.29, 1.82) is 0 Å². The molecule has 0 saturated carbocycles. The molecule has 0 spiro atoms. The second kappa shape index (κ2) is 13.0. The largest absolute Gasteiger partial charge is 0.469 e. The fourth-order valence-electron chi connectivity index (χ4n) is 3.62. The normalized spacial score (nSPS) is 14.3. The van der Waals surface area contributed by atoms with E-state index in [1.54, 1.807) is 13.1 Å². The number of nitrogens with one attached hydrogen (secondary N) is 1. The van der Waals surface area contributed by atoms with Gasteiger partial charge in [0, 0.05) is 26.7 Å². The smallest absolute Gasteiger partial charge is 0.338 e. The summed E-state index contributed by atoms with van der Waals surface area (Å²) in [6.07, 6.45) is 1.49. The maximum absolute atomic E-state index is 12.4. The summed E-state index contributed by atoms with van der Waals surface area (Å²) in [5, 5.41) is 3.35. The summed E-state index contributed by atoms with van der Waals surface area (Å²) in [6, 6.07) is 17.0. The standard InChI is InChI=1S/C24H29N3O4.HI/c1-25-24(27-13-11-20(12-14-27)22(28)30-2)26-16-19-9-6-10-21(15-19)23(29)31-17-18-7-4-3-5-8-18;/h3-10,15,20H,11-14,16-17H2,1-2H3,(H,25,26);1H. The van der Waals surface area contributed by atoms with Gasteiger partial charge in [-0.2, -0.15) is 0 Å². The zero-order chi connectivity index (χ0) is 22.1. The minimum absolute atomic E-state index is 0. The Balaban J connectivity index is 0.00000363. The Morgan fingerprint density at radius 3 is 2.41 bits per heavy atom. The fraction of sp³-hybridized carbons (Fsp3) is 0.375. The minimum atomic E-state index is -0.347. The molecule has 1 N–H and O–H groups in total. The molecule has 1 heterocycles. The topological polar surface area (TPSA) is 80.2 Å². The Labute approximate surface area is 206 Å². The maximum atomic E-state index is 12.4. The highest BCUT2D eigenvalue weighted by Gasteiger charge is 2.26. The van der Waals surface area contributed by atoms with Crippen LogP contribution in [0.4, 0.5) is 0 Å². The maximum Gasteiger partial charge on any atom is 0.338 e. The SMILES string of the molecule is CN=C(NCc1cccc(C(=O)OCc2ccccc2)c1)N1CCC(C(=O)OC)CC1.I. The number of halogens is 1. The lowest BCUT2D eigenvalue weighted by Gasteiger charge is -2.33. The number of hydrogen-bond acceptors (Lipinski definition) is 5. The number of carbonyl (C=O) groups excluding carboxylic acids is 2. The highest BCUT2D eigenvalue weighted by atomic mass is 127. The number of ether oxygens (including phenoxy) is 2. The van der Waals surface area contributed by atoms with E-state index in [9.17, 15) is 9.59 Å². The lowest BCUT2D eigenvalue weighted by molar-refractivity contribution is -0.146. The molecule has 172 valence electrons. The number of hydrogen-bond donors (Lipinski definition) is 1. The van der Waals surface area contributed by atoms with Crippen LogP contribution in [0.5, 0.6) is 0 Å². The molecule has 3 rings (SSSR count). The van der Waals surface area contributed by atoms with Gasteiger partial charge in [-0.1, -0.05) is 42.5 Å². The van der Waals surface area contributed by atoms with Gasteiger partial charge in [0.25, 0.3) is 0 Å². The van der Waals surface area contributed by atoms with Crippen LogP contribution < -0.4 is 5.32 Å². The summed E-state index contributed by atoms with van der Waals surface area (Å²) in [7, 11) is 3.17. The Morgan fingerprint density at radius 2 is 1.75 bits per heavy atom. The van der Waals surface area contributed by atoms with Gasteiger partial charge in [0.05, 0.1) is 18.6 Å². The van der Waals surface area contributed by atoms with Gasteiger partial charge in [0.1, 0.15) is 6.61 Å². The first kappa shape index (κ1) is 25.6. The average molecular weight is 551 g/mol. The summed E-state index contributed by atoms with van der Waals surface area (Å²) in [5.74, 6) is 0.247. The molecule has 0 bridgehead atoms. The first-order valence-corrected chi connectivity index (χ1v) is 10.4. The molecule has 0 unspecified atom stereocenters. The molecule has 1 fully saturated rings. The van der Waals surface area contributed by atoms with Gasteiger partial charge in [0.15, 0.2) is 5.96 Å². The van der Waals surface area contributed by atoms with E-state index >= 15 is 0 Å². The Hall–Kier alpha value is -2.62. The number of rotatable bonds is 6. The van der Waals surface area contributed by atoms with Crippen molar-refractivity contribution in [3.63, 3.8) is 0 Å². The van der Waals surface area contributed by atoms with Crippen molar-refractivity contribution in [2.75, 3.05) is 27.2 Å². The molecule has 32 heavy (non-hydrogen) atoms. The first-order valence-electron chi connectivity index (χ1n) is 10.4. The molecule has 8 heteroatoms. The quantitative estimate of drug-likeness (QED) is 0.256. The van der Waals surface area contributed by atoms with Crippen molar-refractivity contribution in [1.82, 2.24) is 10.2 Å². The molecule has 1 saturated heterocycles. The third kappa shape index (κ3) is 7.22. The number of piperidine rings is 1. The van der Waals surface area contributed by atoms with Gasteiger partial charge < -0.3 is 19.7 Å². The molecule has 1 aliphatic heterocycles. The van der Waals surface area contributed by atoms with Gasteiger partial charge in [-0.15, -0.1) is 24.0 Å². The number of aliphatic imine (C=N–C) groups is 1.